The highest BCUT2D eigenvalue weighted by atomic mass is 16.5. The molecule has 0 heterocycles. The van der Waals surface area contributed by atoms with Crippen molar-refractivity contribution in [2.24, 2.45) is 5.92 Å². The molecule has 15 heavy (non-hydrogen) atoms. The Morgan fingerprint density at radius 2 is 2.00 bits per heavy atom. The molecule has 1 rings (SSSR count). The Kier molecular flexibility index (Phi) is 6.45. The van der Waals surface area contributed by atoms with Gasteiger partial charge in [0.2, 0.25) is 0 Å². The van der Waals surface area contributed by atoms with Gasteiger partial charge in [0.15, 0.2) is 0 Å². The molecule has 2 nitrogen and oxygen atoms in total. The third kappa shape index (κ3) is 5.81. The van der Waals surface area contributed by atoms with Crippen LogP contribution in [0.25, 0.3) is 0 Å². The molecule has 1 aliphatic rings. The molecule has 0 aromatic carbocycles. The third-order valence-corrected chi connectivity index (χ3v) is 3.20. The maximum atomic E-state index is 11.1. The predicted molar refractivity (Wildman–Crippen MR) is 61.7 cm³/mol. The minimum Gasteiger partial charge on any atom is -0.466 e. The molecule has 0 saturated heterocycles. The van der Waals surface area contributed by atoms with Gasteiger partial charge in [-0.25, -0.2) is 0 Å². The Balaban J connectivity index is 1.93. The third-order valence-electron chi connectivity index (χ3n) is 3.20. The van der Waals surface area contributed by atoms with E-state index in [1.54, 1.807) is 0 Å². The van der Waals surface area contributed by atoms with Crippen molar-refractivity contribution in [1.29, 1.82) is 0 Å². The molecule has 0 N–H and O–H groups in total. The van der Waals surface area contributed by atoms with Crippen LogP contribution in [0.2, 0.25) is 0 Å². The fourth-order valence-electron chi connectivity index (χ4n) is 2.31. The maximum absolute atomic E-state index is 11.1. The first-order valence-electron chi connectivity index (χ1n) is 6.48. The van der Waals surface area contributed by atoms with Gasteiger partial charge in [0.1, 0.15) is 0 Å². The summed E-state index contributed by atoms with van der Waals surface area (Å²) in [5, 5.41) is 0. The van der Waals surface area contributed by atoms with Gasteiger partial charge in [-0.3, -0.25) is 4.79 Å². The molecule has 0 atom stereocenters. The van der Waals surface area contributed by atoms with Crippen LogP contribution in [-0.2, 0) is 9.53 Å². The summed E-state index contributed by atoms with van der Waals surface area (Å²) in [4.78, 5) is 11.1. The van der Waals surface area contributed by atoms with Gasteiger partial charge in [0.25, 0.3) is 0 Å². The molecule has 0 bridgehead atoms. The molecule has 1 fully saturated rings. The molecule has 1 saturated carbocycles. The normalized spacial score (nSPS) is 17.7. The highest BCUT2D eigenvalue weighted by molar-refractivity contribution is 5.69. The molecule has 1 aliphatic carbocycles. The summed E-state index contributed by atoms with van der Waals surface area (Å²) in [6.45, 7) is 2.64. The summed E-state index contributed by atoms with van der Waals surface area (Å²) in [6.07, 6.45) is 10.8. The van der Waals surface area contributed by atoms with E-state index in [-0.39, 0.29) is 5.97 Å². The lowest BCUT2D eigenvalue weighted by molar-refractivity contribution is -0.143. The highest BCUT2D eigenvalue weighted by Gasteiger charge is 2.12. The van der Waals surface area contributed by atoms with E-state index in [1.165, 1.54) is 38.5 Å². The monoisotopic (exact) mass is 212 g/mol. The second-order valence-corrected chi connectivity index (χ2v) is 4.62. The Morgan fingerprint density at radius 3 is 2.67 bits per heavy atom. The van der Waals surface area contributed by atoms with Crippen LogP contribution in [0.5, 0.6) is 0 Å². The van der Waals surface area contributed by atoms with E-state index >= 15 is 0 Å². The fraction of sp³-hybridized carbons (Fsp3) is 0.923. The summed E-state index contributed by atoms with van der Waals surface area (Å²) >= 11 is 0. The van der Waals surface area contributed by atoms with Crippen LogP contribution in [-0.4, -0.2) is 12.6 Å². The average Bonchev–Trinajstić information content (AvgIpc) is 2.26. The lowest BCUT2D eigenvalue weighted by atomic mass is 9.86. The number of carbonyl (C=O) groups excluding carboxylic acids is 1. The Labute approximate surface area is 93.4 Å². The Hall–Kier alpha value is -0.530. The summed E-state index contributed by atoms with van der Waals surface area (Å²) in [7, 11) is 0. The molecule has 0 aliphatic heterocycles. The lowest BCUT2D eigenvalue weighted by Gasteiger charge is -2.21. The topological polar surface area (TPSA) is 26.3 Å². The molecule has 88 valence electrons. The molecule has 0 spiro atoms. The van der Waals surface area contributed by atoms with Crippen molar-refractivity contribution >= 4 is 5.97 Å². The fourth-order valence-corrected chi connectivity index (χ4v) is 2.31. The summed E-state index contributed by atoms with van der Waals surface area (Å²) in [5.41, 5.74) is 0. The van der Waals surface area contributed by atoms with Crippen molar-refractivity contribution in [3.63, 3.8) is 0 Å². The number of hydrogen-bond acceptors (Lipinski definition) is 2. The lowest BCUT2D eigenvalue weighted by Crippen LogP contribution is -2.09. The van der Waals surface area contributed by atoms with Crippen LogP contribution >= 0.6 is 0 Å². The van der Waals surface area contributed by atoms with Gasteiger partial charge in [-0.05, 0) is 25.2 Å². The van der Waals surface area contributed by atoms with E-state index in [0.29, 0.717) is 13.0 Å². The van der Waals surface area contributed by atoms with Gasteiger partial charge in [-0.2, -0.15) is 0 Å². The van der Waals surface area contributed by atoms with Crippen molar-refractivity contribution in [3.8, 4) is 0 Å². The first-order chi connectivity index (χ1) is 7.33. The quantitative estimate of drug-likeness (QED) is 0.496. The van der Waals surface area contributed by atoms with Crippen LogP contribution in [0.1, 0.15) is 64.7 Å². The average molecular weight is 212 g/mol. The zero-order chi connectivity index (χ0) is 10.9. The summed E-state index contributed by atoms with van der Waals surface area (Å²) in [5.74, 6) is 0.879. The van der Waals surface area contributed by atoms with Gasteiger partial charge in [-0.15, -0.1) is 0 Å². The number of rotatable bonds is 6. The van der Waals surface area contributed by atoms with Gasteiger partial charge in [-0.1, -0.05) is 39.0 Å². The molecule has 0 unspecified atom stereocenters. The number of hydrogen-bond donors (Lipinski definition) is 0. The van der Waals surface area contributed by atoms with Crippen molar-refractivity contribution in [2.45, 2.75) is 64.7 Å². The van der Waals surface area contributed by atoms with Crippen LogP contribution in [0.4, 0.5) is 0 Å². The number of esters is 1. The second kappa shape index (κ2) is 7.72. The molecule has 0 amide bonds. The smallest absolute Gasteiger partial charge is 0.305 e. The first kappa shape index (κ1) is 12.5. The largest absolute Gasteiger partial charge is 0.466 e. The zero-order valence-electron chi connectivity index (χ0n) is 9.96. The molecular weight excluding hydrogens is 188 g/mol. The molecule has 0 radical (unpaired) electrons. The van der Waals surface area contributed by atoms with Crippen LogP contribution < -0.4 is 0 Å². The predicted octanol–water partition coefficient (Wildman–Crippen LogP) is 3.69. The second-order valence-electron chi connectivity index (χ2n) is 4.62. The Morgan fingerprint density at radius 1 is 1.27 bits per heavy atom. The van der Waals surface area contributed by atoms with Gasteiger partial charge in [0, 0.05) is 6.42 Å². The van der Waals surface area contributed by atoms with E-state index < -0.39 is 0 Å². The van der Waals surface area contributed by atoms with Crippen molar-refractivity contribution < 1.29 is 9.53 Å². The summed E-state index contributed by atoms with van der Waals surface area (Å²) in [6, 6.07) is 0. The number of carbonyl (C=O) groups is 1. The van der Waals surface area contributed by atoms with Crippen molar-refractivity contribution in [2.75, 3.05) is 6.61 Å². The SMILES string of the molecule is CCCC(=O)OCCCC1CCCCC1. The van der Waals surface area contributed by atoms with Crippen LogP contribution in [0.15, 0.2) is 0 Å². The number of ether oxygens (including phenoxy) is 1. The molecule has 2 heteroatoms. The minimum atomic E-state index is -0.0267. The summed E-state index contributed by atoms with van der Waals surface area (Å²) < 4.78 is 5.13. The highest BCUT2D eigenvalue weighted by Crippen LogP contribution is 2.27. The van der Waals surface area contributed by atoms with Crippen molar-refractivity contribution in [3.05, 3.63) is 0 Å². The van der Waals surface area contributed by atoms with Crippen LogP contribution in [0, 0.1) is 5.92 Å². The van der Waals surface area contributed by atoms with E-state index in [2.05, 4.69) is 0 Å². The standard InChI is InChI=1S/C13H24O2/c1-2-7-13(14)15-11-6-10-12-8-4-3-5-9-12/h12H,2-11H2,1H3. The van der Waals surface area contributed by atoms with Gasteiger partial charge in [0.05, 0.1) is 6.61 Å². The van der Waals surface area contributed by atoms with Crippen molar-refractivity contribution in [1.82, 2.24) is 0 Å². The van der Waals surface area contributed by atoms with E-state index in [4.69, 9.17) is 4.74 Å². The zero-order valence-corrected chi connectivity index (χ0v) is 9.96. The van der Waals surface area contributed by atoms with E-state index in [0.717, 1.165) is 18.8 Å². The van der Waals surface area contributed by atoms with Crippen LogP contribution in [0.3, 0.4) is 0 Å². The van der Waals surface area contributed by atoms with Gasteiger partial charge >= 0.3 is 5.97 Å². The van der Waals surface area contributed by atoms with E-state index in [9.17, 15) is 4.79 Å². The van der Waals surface area contributed by atoms with E-state index in [1.807, 2.05) is 6.92 Å². The molecular formula is C13H24O2. The molecule has 0 aromatic rings. The minimum absolute atomic E-state index is 0.0267. The molecule has 0 aromatic heterocycles. The maximum Gasteiger partial charge on any atom is 0.305 e. The van der Waals surface area contributed by atoms with Gasteiger partial charge < -0.3 is 4.74 Å². The first-order valence-corrected chi connectivity index (χ1v) is 6.48. The Bertz CT molecular complexity index is 171.